The Morgan fingerprint density at radius 2 is 1.26 bits per heavy atom. The first-order valence-corrected chi connectivity index (χ1v) is 15.8. The molecule has 0 amide bonds. The number of ether oxygens (including phenoxy) is 1. The molecule has 4 heteroatoms. The second kappa shape index (κ2) is 9.16. The van der Waals surface area contributed by atoms with Gasteiger partial charge in [-0.2, -0.15) is 0 Å². The van der Waals surface area contributed by atoms with E-state index in [-0.39, 0.29) is 28.1 Å². The Labute approximate surface area is 238 Å². The molecule has 3 nitrogen and oxygen atoms in total. The fraction of sp³-hybridized carbons (Fsp3) is 0.571. The first-order chi connectivity index (χ1) is 18.1. The van der Waals surface area contributed by atoms with E-state index >= 15 is 0 Å². The average molecular weight is 547 g/mol. The third kappa shape index (κ3) is 4.19. The third-order valence-corrected chi connectivity index (χ3v) is 12.7. The quantitative estimate of drug-likeness (QED) is 0.277. The van der Waals surface area contributed by atoms with Gasteiger partial charge in [-0.15, -0.1) is 0 Å². The summed E-state index contributed by atoms with van der Waals surface area (Å²) in [6.07, 6.45) is 3.36. The lowest BCUT2D eigenvalue weighted by Crippen LogP contribution is -2.47. The molecule has 39 heavy (non-hydrogen) atoms. The normalized spacial score (nSPS) is 29.3. The predicted octanol–water partition coefficient (Wildman–Crippen LogP) is 7.62. The van der Waals surface area contributed by atoms with Gasteiger partial charge in [-0.25, -0.2) is 0 Å². The van der Waals surface area contributed by atoms with E-state index < -0.39 is 20.3 Å². The average Bonchev–Trinajstić information content (AvgIpc) is 3.61. The number of fused-ring (bicyclic) bond motifs is 3. The maximum Gasteiger partial charge on any atom is 0.311 e. The lowest BCUT2D eigenvalue weighted by atomic mass is 9.60. The largest absolute Gasteiger partial charge is 0.466 e. The van der Waals surface area contributed by atoms with Crippen LogP contribution in [0.1, 0.15) is 97.4 Å². The molecule has 2 fully saturated rings. The maximum absolute atomic E-state index is 14.6. The lowest BCUT2D eigenvalue weighted by molar-refractivity contribution is -0.151. The molecule has 1 spiro atoms. The van der Waals surface area contributed by atoms with Crippen LogP contribution in [0.3, 0.4) is 0 Å². The Bertz CT molecular complexity index is 1330. The van der Waals surface area contributed by atoms with Gasteiger partial charge >= 0.3 is 5.97 Å². The van der Waals surface area contributed by atoms with Crippen LogP contribution in [0.5, 0.6) is 0 Å². The molecule has 0 N–H and O–H groups in total. The molecule has 2 bridgehead atoms. The van der Waals surface area contributed by atoms with Gasteiger partial charge < -0.3 is 4.74 Å². The van der Waals surface area contributed by atoms with Crippen LogP contribution < -0.4 is 0 Å². The van der Waals surface area contributed by atoms with Crippen molar-refractivity contribution in [3.05, 3.63) is 81.9 Å². The first-order valence-electron chi connectivity index (χ1n) is 14.6. The zero-order valence-electron chi connectivity index (χ0n) is 25.4. The smallest absolute Gasteiger partial charge is 0.311 e. The Morgan fingerprint density at radius 3 is 1.64 bits per heavy atom. The Kier molecular flexibility index (Phi) is 6.65. The molecule has 1 saturated heterocycles. The molecule has 2 unspecified atom stereocenters. The van der Waals surface area contributed by atoms with Crippen LogP contribution in [0.15, 0.2) is 59.7 Å². The highest BCUT2D eigenvalue weighted by atomic mass is 32.2. The Hall–Kier alpha value is -2.20. The summed E-state index contributed by atoms with van der Waals surface area (Å²) >= 11 is 0. The summed E-state index contributed by atoms with van der Waals surface area (Å²) < 4.78 is 19.0. The van der Waals surface area contributed by atoms with Gasteiger partial charge in [0.25, 0.3) is 0 Å². The molecule has 2 aromatic carbocycles. The van der Waals surface area contributed by atoms with Crippen LogP contribution in [0.4, 0.5) is 0 Å². The van der Waals surface area contributed by atoms with E-state index in [1.54, 1.807) is 0 Å². The van der Waals surface area contributed by atoms with E-state index in [1.165, 1.54) is 33.4 Å². The summed E-state index contributed by atoms with van der Waals surface area (Å²) in [5.41, 5.74) is 7.48. The van der Waals surface area contributed by atoms with Gasteiger partial charge in [0.15, 0.2) is 0 Å². The number of rotatable bonds is 6. The zero-order chi connectivity index (χ0) is 28.6. The molecule has 0 radical (unpaired) electrons. The van der Waals surface area contributed by atoms with E-state index in [2.05, 4.69) is 104 Å². The summed E-state index contributed by atoms with van der Waals surface area (Å²) in [4.78, 5) is 13.6. The molecular formula is C35H46O3S. The van der Waals surface area contributed by atoms with E-state index in [9.17, 15) is 9.00 Å². The van der Waals surface area contributed by atoms with Crippen molar-refractivity contribution >= 4 is 16.8 Å². The molecule has 5 rings (SSSR count). The summed E-state index contributed by atoms with van der Waals surface area (Å²) in [6, 6.07) is 17.8. The Balaban J connectivity index is 1.63. The van der Waals surface area contributed by atoms with E-state index in [4.69, 9.17) is 4.74 Å². The van der Waals surface area contributed by atoms with Crippen molar-refractivity contribution in [3.63, 3.8) is 0 Å². The summed E-state index contributed by atoms with van der Waals surface area (Å²) in [6.45, 7) is 19.9. The number of hydrogen-bond donors (Lipinski definition) is 0. The predicted molar refractivity (Wildman–Crippen MR) is 161 cm³/mol. The van der Waals surface area contributed by atoms with Gasteiger partial charge in [-0.05, 0) is 90.7 Å². The monoisotopic (exact) mass is 546 g/mol. The van der Waals surface area contributed by atoms with Crippen molar-refractivity contribution in [1.29, 1.82) is 0 Å². The van der Waals surface area contributed by atoms with Gasteiger partial charge in [-0.1, -0.05) is 90.1 Å². The first kappa shape index (κ1) is 28.3. The molecule has 3 aliphatic rings. The van der Waals surface area contributed by atoms with Crippen molar-refractivity contribution in [3.8, 4) is 0 Å². The van der Waals surface area contributed by atoms with Gasteiger partial charge in [0.2, 0.25) is 0 Å². The highest BCUT2D eigenvalue weighted by molar-refractivity contribution is 7.89. The van der Waals surface area contributed by atoms with Crippen molar-refractivity contribution in [2.24, 2.45) is 11.3 Å². The molecule has 210 valence electrons. The summed E-state index contributed by atoms with van der Waals surface area (Å²) in [5.74, 6) is -0.518. The summed E-state index contributed by atoms with van der Waals surface area (Å²) in [5, 5.41) is 0. The van der Waals surface area contributed by atoms with Crippen molar-refractivity contribution in [2.75, 3.05) is 6.61 Å². The Morgan fingerprint density at radius 1 is 0.821 bits per heavy atom. The van der Waals surface area contributed by atoms with Crippen LogP contribution in [0, 0.1) is 11.3 Å². The van der Waals surface area contributed by atoms with Gasteiger partial charge in [-0.3, -0.25) is 9.00 Å². The van der Waals surface area contributed by atoms with Crippen molar-refractivity contribution in [2.45, 2.75) is 108 Å². The third-order valence-electron chi connectivity index (χ3n) is 10.1. The number of benzene rings is 2. The number of carbonyl (C=O) groups excluding carboxylic acids is 1. The molecule has 0 aromatic heterocycles. The topological polar surface area (TPSA) is 43.4 Å². The number of carbonyl (C=O) groups is 1. The molecule has 2 heterocycles. The SMILES string of the molecule is CCOC(=O)C1C2(CC2)[C@@]2(C)C(Cc3ccc(C(C)(C)C)cc3)=C(Cc3ccc(C(C)(C)C)cc3)[C@]1(C)S2=O. The van der Waals surface area contributed by atoms with Gasteiger partial charge in [0.1, 0.15) is 0 Å². The van der Waals surface area contributed by atoms with E-state index in [0.717, 1.165) is 19.3 Å². The van der Waals surface area contributed by atoms with Crippen LogP contribution >= 0.6 is 0 Å². The summed E-state index contributed by atoms with van der Waals surface area (Å²) in [7, 11) is -1.21. The van der Waals surface area contributed by atoms with Crippen molar-refractivity contribution in [1.82, 2.24) is 0 Å². The molecule has 2 aliphatic heterocycles. The van der Waals surface area contributed by atoms with Crippen LogP contribution in [-0.4, -0.2) is 26.3 Å². The van der Waals surface area contributed by atoms with Crippen LogP contribution in [0.25, 0.3) is 0 Å². The molecule has 1 saturated carbocycles. The molecule has 1 aliphatic carbocycles. The highest BCUT2D eigenvalue weighted by Crippen LogP contribution is 2.78. The van der Waals surface area contributed by atoms with E-state index in [1.807, 2.05) is 6.92 Å². The molecular weight excluding hydrogens is 500 g/mol. The minimum atomic E-state index is -1.21. The lowest BCUT2D eigenvalue weighted by Gasteiger charge is -2.40. The maximum atomic E-state index is 14.6. The molecule has 4 atom stereocenters. The van der Waals surface area contributed by atoms with Gasteiger partial charge in [0, 0.05) is 16.2 Å². The van der Waals surface area contributed by atoms with Crippen molar-refractivity contribution < 1.29 is 13.7 Å². The fourth-order valence-electron chi connectivity index (χ4n) is 7.59. The minimum Gasteiger partial charge on any atom is -0.466 e. The second-order valence-electron chi connectivity index (χ2n) is 14.5. The van der Waals surface area contributed by atoms with Crippen LogP contribution in [-0.2, 0) is 44.0 Å². The number of hydrogen-bond acceptors (Lipinski definition) is 3. The second-order valence-corrected chi connectivity index (χ2v) is 16.7. The molecule has 2 aromatic rings. The zero-order valence-corrected chi connectivity index (χ0v) is 26.2. The van der Waals surface area contributed by atoms with Crippen LogP contribution in [0.2, 0.25) is 0 Å². The minimum absolute atomic E-state index is 0.0862. The van der Waals surface area contributed by atoms with Gasteiger partial charge in [0.05, 0.1) is 22.0 Å². The standard InChI is InChI=1S/C35H46O3S/c1-10-38-30(36)29-33(8)27(21-23-11-15-25(16-12-23)31(2,3)4)28(34(9,39(33)37)35(29)19-20-35)22-24-13-17-26(18-14-24)32(5,6)7/h11-18,29H,10,19-22H2,1-9H3/t29?,33-,34+,39?/m0/s1. The van der Waals surface area contributed by atoms with E-state index in [0.29, 0.717) is 13.0 Å². The fourth-order valence-corrected chi connectivity index (χ4v) is 10.5. The highest BCUT2D eigenvalue weighted by Gasteiger charge is 2.83. The number of esters is 1.